The molecule has 0 spiro atoms. The first kappa shape index (κ1) is 44.0. The number of carboxylic acid groups (broad SMARTS) is 1. The third-order valence-electron chi connectivity index (χ3n) is 9.89. The number of hydrogen-bond acceptors (Lipinski definition) is 10. The van der Waals surface area contributed by atoms with Crippen LogP contribution in [0.25, 0.3) is 0 Å². The van der Waals surface area contributed by atoms with E-state index in [0.29, 0.717) is 43.0 Å². The summed E-state index contributed by atoms with van der Waals surface area (Å²) in [4.78, 5) is 16.9. The van der Waals surface area contributed by atoms with E-state index in [4.69, 9.17) is 10.5 Å². The molecule has 2 heterocycles. The molecule has 53 heavy (non-hydrogen) atoms. The van der Waals surface area contributed by atoms with Crippen LogP contribution in [0.15, 0.2) is 36.4 Å². The average molecular weight is 761 g/mol. The van der Waals surface area contributed by atoms with Crippen molar-refractivity contribution in [2.75, 3.05) is 50.0 Å². The van der Waals surface area contributed by atoms with E-state index < -0.39 is 36.1 Å². The molecule has 0 aliphatic carbocycles. The summed E-state index contributed by atoms with van der Waals surface area (Å²) in [5.74, 6) is -0.196. The highest BCUT2D eigenvalue weighted by molar-refractivity contribution is 5.88. The van der Waals surface area contributed by atoms with E-state index in [-0.39, 0.29) is 42.2 Å². The largest absolute Gasteiger partial charge is 0.465 e. The van der Waals surface area contributed by atoms with Gasteiger partial charge in [0, 0.05) is 72.5 Å². The molecule has 2 saturated heterocycles. The Hall–Kier alpha value is -3.41. The van der Waals surface area contributed by atoms with Gasteiger partial charge in [0.2, 0.25) is 0 Å². The molecular weight excluding hydrogens is 704 g/mol. The maximum atomic E-state index is 13.0. The van der Waals surface area contributed by atoms with Crippen LogP contribution in [0.2, 0.25) is 0 Å². The Labute approximate surface area is 308 Å². The Morgan fingerprint density at radius 1 is 0.811 bits per heavy atom. The van der Waals surface area contributed by atoms with Crippen LogP contribution >= 0.6 is 0 Å². The van der Waals surface area contributed by atoms with Crippen LogP contribution < -0.4 is 20.1 Å². The number of hydrogen-bond donors (Lipinski definition) is 6. The number of aliphatic hydroxyl groups excluding tert-OH is 2. The predicted octanol–water partition coefficient (Wildman–Crippen LogP) is 5.35. The minimum atomic E-state index is -3.05. The van der Waals surface area contributed by atoms with Crippen molar-refractivity contribution in [1.29, 1.82) is 0 Å². The molecule has 300 valence electrons. The van der Waals surface area contributed by atoms with Crippen LogP contribution in [0, 0.1) is 11.8 Å². The molecule has 12 nitrogen and oxygen atoms in total. The number of nitrogen functional groups attached to an aromatic ring is 1. The van der Waals surface area contributed by atoms with E-state index in [9.17, 15) is 47.9 Å². The molecule has 16 heteroatoms. The first-order chi connectivity index (χ1) is 24.7. The van der Waals surface area contributed by atoms with Gasteiger partial charge in [-0.3, -0.25) is 14.7 Å². The Kier molecular flexibility index (Phi) is 15.6. The Morgan fingerprint density at radius 3 is 1.64 bits per heavy atom. The summed E-state index contributed by atoms with van der Waals surface area (Å²) in [6.07, 6.45) is 2.08. The first-order valence-corrected chi connectivity index (χ1v) is 17.7. The molecule has 2 aliphatic rings. The highest BCUT2D eigenvalue weighted by atomic mass is 19.3. The Morgan fingerprint density at radius 2 is 1.25 bits per heavy atom. The van der Waals surface area contributed by atoms with Gasteiger partial charge in [0.25, 0.3) is 0 Å². The van der Waals surface area contributed by atoms with Gasteiger partial charge in [-0.25, -0.2) is 4.79 Å². The minimum absolute atomic E-state index is 0.0606. The van der Waals surface area contributed by atoms with Crippen molar-refractivity contribution in [2.24, 2.45) is 11.8 Å². The maximum Gasteiger partial charge on any atom is 0.412 e. The molecule has 2 aromatic carbocycles. The molecule has 4 rings (SSSR count). The number of carbonyl (C=O) groups is 1. The third-order valence-corrected chi connectivity index (χ3v) is 9.89. The monoisotopic (exact) mass is 760 g/mol. The molecule has 1 amide bonds. The van der Waals surface area contributed by atoms with Gasteiger partial charge in [0.1, 0.15) is 11.5 Å². The van der Waals surface area contributed by atoms with E-state index in [2.05, 4.69) is 9.64 Å². The summed E-state index contributed by atoms with van der Waals surface area (Å²) in [7, 11) is 0. The molecule has 0 aromatic heterocycles. The zero-order valence-corrected chi connectivity index (χ0v) is 31.2. The second-order valence-corrected chi connectivity index (χ2v) is 15.4. The van der Waals surface area contributed by atoms with E-state index in [0.717, 1.165) is 43.7 Å². The van der Waals surface area contributed by atoms with Crippen LogP contribution in [0.5, 0.6) is 11.5 Å². The molecule has 0 bridgehead atoms. The SMILES string of the molecule is CC(C)(C)N(C(=O)O)c1ccc(CN2CCC[C@H]([C@](C)(O)CO)C2)c(OC(F)F)c1.C[C@@](O)(CO)[C@H]1CCCN(Cc2ccc(N)cc2OC(F)F)C1. The quantitative estimate of drug-likeness (QED) is 0.115. The van der Waals surface area contributed by atoms with Crippen molar-refractivity contribution in [1.82, 2.24) is 9.80 Å². The fraction of sp³-hybridized carbons (Fsp3) is 0.649. The van der Waals surface area contributed by atoms with Crippen LogP contribution in [0.3, 0.4) is 0 Å². The number of alkyl halides is 4. The minimum Gasteiger partial charge on any atom is -0.465 e. The van der Waals surface area contributed by atoms with Gasteiger partial charge in [0.05, 0.1) is 30.1 Å². The fourth-order valence-corrected chi connectivity index (χ4v) is 6.86. The van der Waals surface area contributed by atoms with Crippen molar-refractivity contribution in [3.63, 3.8) is 0 Å². The highest BCUT2D eigenvalue weighted by Gasteiger charge is 2.36. The third kappa shape index (κ3) is 12.9. The van der Waals surface area contributed by atoms with E-state index >= 15 is 0 Å². The lowest BCUT2D eigenvalue weighted by molar-refractivity contribution is -0.0704. The molecule has 2 aliphatic heterocycles. The lowest BCUT2D eigenvalue weighted by Gasteiger charge is -2.39. The number of ether oxygens (including phenoxy) is 2. The second-order valence-electron chi connectivity index (χ2n) is 15.4. The molecule has 0 unspecified atom stereocenters. The van der Waals surface area contributed by atoms with Crippen LogP contribution in [0.1, 0.15) is 71.4 Å². The smallest absolute Gasteiger partial charge is 0.412 e. The van der Waals surface area contributed by atoms with Gasteiger partial charge in [-0.1, -0.05) is 12.1 Å². The Bertz CT molecular complexity index is 1480. The summed E-state index contributed by atoms with van der Waals surface area (Å²) in [5, 5.41) is 48.9. The summed E-state index contributed by atoms with van der Waals surface area (Å²) in [6.45, 7) is 5.11. The summed E-state index contributed by atoms with van der Waals surface area (Å²) >= 11 is 0. The number of amides is 1. The maximum absolute atomic E-state index is 13.0. The molecule has 0 saturated carbocycles. The zero-order chi connectivity index (χ0) is 39.7. The fourth-order valence-electron chi connectivity index (χ4n) is 6.86. The van der Waals surface area contributed by atoms with E-state index in [1.807, 2.05) is 4.90 Å². The standard InChI is InChI=1S/C21H32F2N2O5.C16H24F2N2O3/c1-20(2,3)25(19(27)28)16-8-7-14(17(10-16)30-18(22)23)11-24-9-5-6-15(12-24)21(4,29)13-26;1-16(22,10-21)12-3-2-6-20(9-12)8-11-4-5-13(19)7-14(11)23-15(17)18/h7-8,10,15,18,26,29H,5-6,9,11-13H2,1-4H3,(H,27,28);4-5,7,12,15,21-22H,2-3,6,8-10,19H2,1H3/t15-,21+;12-,16+/m00/s1. The molecule has 2 aromatic rings. The molecular formula is C37H56F4N4O8. The van der Waals surface area contributed by atoms with Crippen LogP contribution in [0.4, 0.5) is 33.7 Å². The van der Waals surface area contributed by atoms with Crippen LogP contribution in [-0.2, 0) is 13.1 Å². The van der Waals surface area contributed by atoms with Crippen molar-refractivity contribution in [3.8, 4) is 11.5 Å². The topological polar surface area (TPSA) is 172 Å². The van der Waals surface area contributed by atoms with Crippen molar-refractivity contribution in [3.05, 3.63) is 47.5 Å². The highest BCUT2D eigenvalue weighted by Crippen LogP contribution is 2.34. The van der Waals surface area contributed by atoms with Crippen LogP contribution in [-0.4, -0.2) is 111 Å². The summed E-state index contributed by atoms with van der Waals surface area (Å²) < 4.78 is 60.4. The lowest BCUT2D eigenvalue weighted by Crippen LogP contribution is -2.48. The summed E-state index contributed by atoms with van der Waals surface area (Å²) in [6, 6.07) is 9.24. The van der Waals surface area contributed by atoms with Crippen molar-refractivity contribution in [2.45, 2.75) is 103 Å². The first-order valence-electron chi connectivity index (χ1n) is 17.7. The van der Waals surface area contributed by atoms with Gasteiger partial charge >= 0.3 is 19.3 Å². The van der Waals surface area contributed by atoms with Gasteiger partial charge < -0.3 is 40.7 Å². The number of piperidine rings is 2. The summed E-state index contributed by atoms with van der Waals surface area (Å²) in [5.41, 5.74) is 4.26. The van der Waals surface area contributed by atoms with Crippen molar-refractivity contribution >= 4 is 17.5 Å². The van der Waals surface area contributed by atoms with Crippen molar-refractivity contribution < 1.29 is 57.4 Å². The molecule has 2 fully saturated rings. The number of benzene rings is 2. The number of likely N-dealkylation sites (tertiary alicyclic amines) is 2. The molecule has 4 atom stereocenters. The predicted molar refractivity (Wildman–Crippen MR) is 192 cm³/mol. The van der Waals surface area contributed by atoms with E-state index in [1.165, 1.54) is 12.1 Å². The second kappa shape index (κ2) is 18.8. The average Bonchev–Trinajstić information content (AvgIpc) is 3.06. The molecule has 0 radical (unpaired) electrons. The number of aliphatic hydroxyl groups is 4. The van der Waals surface area contributed by atoms with Gasteiger partial charge in [-0.2, -0.15) is 17.6 Å². The van der Waals surface area contributed by atoms with Gasteiger partial charge in [-0.05, 0) is 85.5 Å². The number of anilines is 2. The lowest BCUT2D eigenvalue weighted by atomic mass is 9.83. The van der Waals surface area contributed by atoms with E-state index in [1.54, 1.807) is 58.9 Å². The number of halogens is 4. The van der Waals surface area contributed by atoms with Gasteiger partial charge in [-0.15, -0.1) is 0 Å². The number of nitrogens with two attached hydrogens (primary N) is 1. The Balaban J connectivity index is 0.000000295. The molecule has 7 N–H and O–H groups in total. The number of nitrogens with zero attached hydrogens (tertiary/aromatic N) is 3. The zero-order valence-electron chi connectivity index (χ0n) is 31.2. The van der Waals surface area contributed by atoms with Gasteiger partial charge in [0.15, 0.2) is 0 Å². The number of rotatable bonds is 13. The normalized spacial score (nSPS) is 21.0.